The van der Waals surface area contributed by atoms with Gasteiger partial charge in [-0.2, -0.15) is 0 Å². The van der Waals surface area contributed by atoms with E-state index in [2.05, 4.69) is 13.8 Å². The van der Waals surface area contributed by atoms with E-state index < -0.39 is 0 Å². The fourth-order valence-corrected chi connectivity index (χ4v) is 5.42. The number of hydrogen-bond acceptors (Lipinski definition) is 3. The van der Waals surface area contributed by atoms with E-state index in [0.717, 1.165) is 42.3 Å². The molecular weight excluding hydrogens is 240 g/mol. The van der Waals surface area contributed by atoms with Crippen molar-refractivity contribution < 1.29 is 14.3 Å². The normalized spacial score (nSPS) is 46.2. The zero-order valence-corrected chi connectivity index (χ0v) is 12.5. The van der Waals surface area contributed by atoms with Crippen LogP contribution in [0.2, 0.25) is 0 Å². The second-order valence-electron chi connectivity index (χ2n) is 6.61. The van der Waals surface area contributed by atoms with Crippen LogP contribution >= 0.6 is 0 Å². The van der Waals surface area contributed by atoms with Gasteiger partial charge in [0.05, 0.1) is 13.0 Å². The highest BCUT2D eigenvalue weighted by atomic mass is 16.5. The van der Waals surface area contributed by atoms with E-state index in [0.29, 0.717) is 5.92 Å². The second kappa shape index (κ2) is 5.64. The van der Waals surface area contributed by atoms with Crippen LogP contribution in [0, 0.1) is 41.4 Å². The van der Waals surface area contributed by atoms with Crippen LogP contribution in [0.3, 0.4) is 0 Å². The van der Waals surface area contributed by atoms with Gasteiger partial charge in [0, 0.05) is 0 Å². The molecule has 2 bridgehead atoms. The van der Waals surface area contributed by atoms with Gasteiger partial charge in [0.15, 0.2) is 0 Å². The number of carbonyl (C=O) groups is 2. The van der Waals surface area contributed by atoms with Gasteiger partial charge < -0.3 is 9.53 Å². The zero-order valence-electron chi connectivity index (χ0n) is 12.5. The molecule has 3 rings (SSSR count). The van der Waals surface area contributed by atoms with Crippen LogP contribution in [0.25, 0.3) is 0 Å². The lowest BCUT2D eigenvalue weighted by molar-refractivity contribution is -0.148. The molecule has 0 aromatic heterocycles. The maximum atomic E-state index is 11.8. The van der Waals surface area contributed by atoms with Gasteiger partial charge in [-0.3, -0.25) is 4.79 Å². The Bertz CT molecular complexity index is 352. The summed E-state index contributed by atoms with van der Waals surface area (Å²) >= 11 is 0. The number of fused-ring (bicyclic) bond motifs is 5. The van der Waals surface area contributed by atoms with Crippen molar-refractivity contribution >= 4 is 12.3 Å². The minimum atomic E-state index is 0.0534. The molecule has 3 aliphatic rings. The summed E-state index contributed by atoms with van der Waals surface area (Å²) in [5.74, 6) is 5.18. The smallest absolute Gasteiger partial charge is 0.308 e. The van der Waals surface area contributed by atoms with Crippen LogP contribution in [0.4, 0.5) is 0 Å². The SMILES string of the molecule is CC=O.COC(=O)C1CC2CC1C1C(C)CC(C)C21. The summed E-state index contributed by atoms with van der Waals surface area (Å²) in [4.78, 5) is 20.6. The van der Waals surface area contributed by atoms with Crippen molar-refractivity contribution in [2.75, 3.05) is 7.11 Å². The monoisotopic (exact) mass is 266 g/mol. The van der Waals surface area contributed by atoms with Crippen molar-refractivity contribution in [1.29, 1.82) is 0 Å². The van der Waals surface area contributed by atoms with E-state index >= 15 is 0 Å². The van der Waals surface area contributed by atoms with Crippen molar-refractivity contribution in [3.05, 3.63) is 0 Å². The summed E-state index contributed by atoms with van der Waals surface area (Å²) in [7, 11) is 1.53. The molecule has 0 N–H and O–H groups in total. The Labute approximate surface area is 116 Å². The average Bonchev–Trinajstić information content (AvgIpc) is 3.02. The molecule has 3 nitrogen and oxygen atoms in total. The highest BCUT2D eigenvalue weighted by Gasteiger charge is 2.60. The van der Waals surface area contributed by atoms with Crippen LogP contribution in [-0.4, -0.2) is 19.4 Å². The molecule has 0 aromatic rings. The summed E-state index contributed by atoms with van der Waals surface area (Å²) in [5, 5.41) is 0. The third-order valence-electron chi connectivity index (χ3n) is 5.69. The molecule has 7 unspecified atom stereocenters. The Morgan fingerprint density at radius 1 is 1.11 bits per heavy atom. The van der Waals surface area contributed by atoms with Gasteiger partial charge in [-0.05, 0) is 61.7 Å². The molecule has 3 aliphatic carbocycles. The van der Waals surface area contributed by atoms with Crippen LogP contribution in [-0.2, 0) is 14.3 Å². The van der Waals surface area contributed by atoms with Gasteiger partial charge in [-0.15, -0.1) is 0 Å². The molecule has 108 valence electrons. The largest absolute Gasteiger partial charge is 0.469 e. The lowest BCUT2D eigenvalue weighted by atomic mass is 9.72. The van der Waals surface area contributed by atoms with E-state index in [4.69, 9.17) is 9.53 Å². The van der Waals surface area contributed by atoms with Crippen molar-refractivity contribution in [1.82, 2.24) is 0 Å². The molecule has 3 fully saturated rings. The Hall–Kier alpha value is -0.860. The lowest BCUT2D eigenvalue weighted by Gasteiger charge is -2.33. The number of methoxy groups -OCH3 is 1. The summed E-state index contributed by atoms with van der Waals surface area (Å²) in [6.07, 6.45) is 4.52. The van der Waals surface area contributed by atoms with E-state index in [1.165, 1.54) is 26.9 Å². The molecule has 0 spiro atoms. The maximum absolute atomic E-state index is 11.8. The Morgan fingerprint density at radius 2 is 1.68 bits per heavy atom. The van der Waals surface area contributed by atoms with Gasteiger partial charge in [0.1, 0.15) is 6.29 Å². The third-order valence-corrected chi connectivity index (χ3v) is 5.69. The van der Waals surface area contributed by atoms with Gasteiger partial charge in [-0.25, -0.2) is 0 Å². The van der Waals surface area contributed by atoms with Crippen LogP contribution < -0.4 is 0 Å². The van der Waals surface area contributed by atoms with Crippen molar-refractivity contribution in [3.8, 4) is 0 Å². The molecule has 0 saturated heterocycles. The number of ether oxygens (including phenoxy) is 1. The van der Waals surface area contributed by atoms with Gasteiger partial charge in [0.25, 0.3) is 0 Å². The molecule has 0 radical (unpaired) electrons. The highest BCUT2D eigenvalue weighted by Crippen LogP contribution is 2.64. The summed E-state index contributed by atoms with van der Waals surface area (Å²) < 4.78 is 4.96. The lowest BCUT2D eigenvalue weighted by Crippen LogP contribution is -2.33. The molecule has 0 aromatic carbocycles. The molecule has 3 heteroatoms. The quantitative estimate of drug-likeness (QED) is 0.541. The maximum Gasteiger partial charge on any atom is 0.308 e. The predicted molar refractivity (Wildman–Crippen MR) is 73.4 cm³/mol. The highest BCUT2D eigenvalue weighted by molar-refractivity contribution is 5.73. The minimum absolute atomic E-state index is 0.0534. The first-order valence-electron chi connectivity index (χ1n) is 7.52. The number of esters is 1. The van der Waals surface area contributed by atoms with E-state index in [-0.39, 0.29) is 11.9 Å². The van der Waals surface area contributed by atoms with Gasteiger partial charge >= 0.3 is 5.97 Å². The second-order valence-corrected chi connectivity index (χ2v) is 6.61. The van der Waals surface area contributed by atoms with Crippen molar-refractivity contribution in [2.45, 2.75) is 40.0 Å². The van der Waals surface area contributed by atoms with Gasteiger partial charge in [0.2, 0.25) is 0 Å². The fraction of sp³-hybridized carbons (Fsp3) is 0.875. The molecule has 0 heterocycles. The molecular formula is C16H26O3. The minimum Gasteiger partial charge on any atom is -0.469 e. The summed E-state index contributed by atoms with van der Waals surface area (Å²) in [6.45, 7) is 6.24. The summed E-state index contributed by atoms with van der Waals surface area (Å²) in [6, 6.07) is 0. The average molecular weight is 266 g/mol. The van der Waals surface area contributed by atoms with Crippen molar-refractivity contribution in [3.63, 3.8) is 0 Å². The van der Waals surface area contributed by atoms with Crippen molar-refractivity contribution in [2.24, 2.45) is 41.4 Å². The van der Waals surface area contributed by atoms with E-state index in [1.807, 2.05) is 0 Å². The number of carbonyl (C=O) groups excluding carboxylic acids is 2. The first-order valence-corrected chi connectivity index (χ1v) is 7.52. The molecule has 0 aliphatic heterocycles. The van der Waals surface area contributed by atoms with Crippen LogP contribution in [0.15, 0.2) is 0 Å². The number of hydrogen-bond donors (Lipinski definition) is 0. The standard InChI is InChI=1S/C14H22O2.C2H4O/c1-7-4-8(2)13-10-5-9(12(7)13)6-11(10)14(15)16-3;1-2-3/h7-13H,4-6H2,1-3H3;2H,1H3. The fourth-order valence-electron chi connectivity index (χ4n) is 5.42. The van der Waals surface area contributed by atoms with E-state index in [9.17, 15) is 4.79 Å². The summed E-state index contributed by atoms with van der Waals surface area (Å²) in [5.41, 5.74) is 0. The zero-order chi connectivity index (χ0) is 14.2. The first-order chi connectivity index (χ1) is 9.04. The van der Waals surface area contributed by atoms with Crippen LogP contribution in [0.1, 0.15) is 40.0 Å². The number of rotatable bonds is 1. The van der Waals surface area contributed by atoms with E-state index in [1.54, 1.807) is 0 Å². The molecule has 19 heavy (non-hydrogen) atoms. The first kappa shape index (κ1) is 14.5. The van der Waals surface area contributed by atoms with Crippen LogP contribution in [0.5, 0.6) is 0 Å². The Morgan fingerprint density at radius 3 is 2.26 bits per heavy atom. The third kappa shape index (κ3) is 2.32. The molecule has 7 atom stereocenters. The predicted octanol–water partition coefficient (Wildman–Crippen LogP) is 2.93. The Kier molecular flexibility index (Phi) is 4.32. The molecule has 0 amide bonds. The Balaban J connectivity index is 0.000000408. The topological polar surface area (TPSA) is 43.4 Å². The van der Waals surface area contributed by atoms with Gasteiger partial charge in [-0.1, -0.05) is 13.8 Å². The number of aldehydes is 1. The molecule has 3 saturated carbocycles.